The Balaban J connectivity index is 1.75. The quantitative estimate of drug-likeness (QED) is 0.410. The predicted molar refractivity (Wildman–Crippen MR) is 111 cm³/mol. The van der Waals surface area contributed by atoms with Crippen molar-refractivity contribution in [3.8, 4) is 11.3 Å². The van der Waals surface area contributed by atoms with Gasteiger partial charge < -0.3 is 25.5 Å². The highest BCUT2D eigenvalue weighted by atomic mass is 16.5. The van der Waals surface area contributed by atoms with Crippen LogP contribution in [0.5, 0.6) is 0 Å². The van der Waals surface area contributed by atoms with Crippen molar-refractivity contribution in [2.75, 3.05) is 17.2 Å². The van der Waals surface area contributed by atoms with Crippen LogP contribution in [-0.4, -0.2) is 28.9 Å². The summed E-state index contributed by atoms with van der Waals surface area (Å²) in [6.45, 7) is 5.16. The minimum absolute atomic E-state index is 0.346. The number of nitrogens with zero attached hydrogens (tertiary/aromatic N) is 3. The number of amides is 2. The summed E-state index contributed by atoms with van der Waals surface area (Å²) in [6.07, 6.45) is 5.62. The summed E-state index contributed by atoms with van der Waals surface area (Å²) in [7, 11) is 0. The number of benzene rings is 1. The van der Waals surface area contributed by atoms with E-state index in [0.29, 0.717) is 36.2 Å². The molecule has 3 rings (SSSR count). The molecule has 3 aromatic rings. The first-order valence-corrected chi connectivity index (χ1v) is 9.00. The van der Waals surface area contributed by atoms with E-state index in [1.54, 1.807) is 18.5 Å². The van der Waals surface area contributed by atoms with Gasteiger partial charge in [0, 0.05) is 24.1 Å². The SMILES string of the molecule is CCOCc1ccc(C)c(Nc2ncc(-c3cncc(NC(=O)/N=C\N)c3)o2)c1. The van der Waals surface area contributed by atoms with Crippen molar-refractivity contribution in [3.63, 3.8) is 0 Å². The number of hydrogen-bond acceptors (Lipinski definition) is 6. The second-order valence-electron chi connectivity index (χ2n) is 6.11. The highest BCUT2D eigenvalue weighted by Gasteiger charge is 2.10. The maximum Gasteiger partial charge on any atom is 0.346 e. The number of aromatic nitrogens is 2. The molecule has 0 aliphatic rings. The number of carbonyl (C=O) groups excluding carboxylic acids is 1. The Morgan fingerprint density at radius 3 is 2.97 bits per heavy atom. The van der Waals surface area contributed by atoms with Crippen LogP contribution in [0.2, 0.25) is 0 Å². The molecule has 0 bridgehead atoms. The van der Waals surface area contributed by atoms with Gasteiger partial charge >= 0.3 is 6.03 Å². The fourth-order valence-electron chi connectivity index (χ4n) is 2.56. The van der Waals surface area contributed by atoms with Gasteiger partial charge in [0.05, 0.1) is 31.0 Å². The number of nitrogens with two attached hydrogens (primary N) is 1. The number of hydrogen-bond donors (Lipinski definition) is 3. The van der Waals surface area contributed by atoms with Crippen molar-refractivity contribution in [2.45, 2.75) is 20.5 Å². The number of aryl methyl sites for hydroxylation is 1. The van der Waals surface area contributed by atoms with E-state index in [9.17, 15) is 4.79 Å². The lowest BCUT2D eigenvalue weighted by atomic mass is 10.1. The van der Waals surface area contributed by atoms with Gasteiger partial charge in [0.1, 0.15) is 0 Å². The molecule has 9 nitrogen and oxygen atoms in total. The molecule has 0 aliphatic carbocycles. The van der Waals surface area contributed by atoms with Crippen LogP contribution in [0, 0.1) is 6.92 Å². The van der Waals surface area contributed by atoms with Crippen LogP contribution in [0.25, 0.3) is 11.3 Å². The molecule has 150 valence electrons. The molecular weight excluding hydrogens is 372 g/mol. The van der Waals surface area contributed by atoms with Gasteiger partial charge in [0.15, 0.2) is 5.76 Å². The molecule has 0 spiro atoms. The van der Waals surface area contributed by atoms with Gasteiger partial charge in [-0.15, -0.1) is 0 Å². The Bertz CT molecular complexity index is 1010. The standard InChI is InChI=1S/C20H22N6O3/c1-3-28-11-14-5-4-13(2)17(6-14)26-20-23-10-18(29-20)15-7-16(9-22-8-15)25-19(27)24-12-21/h4-10,12H,3,11H2,1-2H3,(H,23,26)(H3,21,24,25,27). The zero-order valence-electron chi connectivity index (χ0n) is 16.2. The topological polar surface area (TPSA) is 128 Å². The number of urea groups is 1. The van der Waals surface area contributed by atoms with Gasteiger partial charge in [-0.25, -0.2) is 9.78 Å². The molecule has 2 amide bonds. The maximum atomic E-state index is 11.5. The van der Waals surface area contributed by atoms with E-state index >= 15 is 0 Å². The van der Waals surface area contributed by atoms with Crippen LogP contribution >= 0.6 is 0 Å². The van der Waals surface area contributed by atoms with Gasteiger partial charge in [-0.3, -0.25) is 4.98 Å². The molecule has 0 aliphatic heterocycles. The summed E-state index contributed by atoms with van der Waals surface area (Å²) >= 11 is 0. The highest BCUT2D eigenvalue weighted by molar-refractivity contribution is 5.94. The van der Waals surface area contributed by atoms with E-state index < -0.39 is 6.03 Å². The van der Waals surface area contributed by atoms with E-state index in [0.717, 1.165) is 23.2 Å². The van der Waals surface area contributed by atoms with Gasteiger partial charge in [-0.1, -0.05) is 12.1 Å². The average molecular weight is 394 g/mol. The number of anilines is 3. The van der Waals surface area contributed by atoms with Crippen LogP contribution in [0.1, 0.15) is 18.1 Å². The number of pyridine rings is 1. The van der Waals surface area contributed by atoms with Crippen LogP contribution in [0.3, 0.4) is 0 Å². The lowest BCUT2D eigenvalue weighted by molar-refractivity contribution is 0.134. The summed E-state index contributed by atoms with van der Waals surface area (Å²) < 4.78 is 11.3. The number of ether oxygens (including phenoxy) is 1. The zero-order valence-corrected chi connectivity index (χ0v) is 16.2. The van der Waals surface area contributed by atoms with Gasteiger partial charge in [0.2, 0.25) is 0 Å². The van der Waals surface area contributed by atoms with Gasteiger partial charge in [0.25, 0.3) is 6.01 Å². The number of nitrogens with one attached hydrogen (secondary N) is 2. The van der Waals surface area contributed by atoms with Crippen molar-refractivity contribution in [3.05, 3.63) is 54.0 Å². The van der Waals surface area contributed by atoms with E-state index in [4.69, 9.17) is 14.9 Å². The fraction of sp³-hybridized carbons (Fsp3) is 0.200. The largest absolute Gasteiger partial charge is 0.423 e. The van der Waals surface area contributed by atoms with Crippen molar-refractivity contribution < 1.29 is 13.9 Å². The summed E-state index contributed by atoms with van der Waals surface area (Å²) in [6, 6.07) is 7.50. The maximum absolute atomic E-state index is 11.5. The van der Waals surface area contributed by atoms with E-state index in [1.807, 2.05) is 32.0 Å². The summed E-state index contributed by atoms with van der Waals surface area (Å²) in [5.74, 6) is 0.501. The Kier molecular flexibility index (Phi) is 6.54. The van der Waals surface area contributed by atoms with Crippen molar-refractivity contribution in [1.29, 1.82) is 0 Å². The van der Waals surface area contributed by atoms with E-state index in [1.165, 1.54) is 6.20 Å². The molecule has 0 unspecified atom stereocenters. The van der Waals surface area contributed by atoms with Crippen molar-refractivity contribution in [1.82, 2.24) is 9.97 Å². The molecule has 0 saturated carbocycles. The fourth-order valence-corrected chi connectivity index (χ4v) is 2.56. The Labute approximate surface area is 168 Å². The molecule has 2 aromatic heterocycles. The number of rotatable bonds is 7. The number of oxazole rings is 1. The van der Waals surface area contributed by atoms with Gasteiger partial charge in [-0.2, -0.15) is 4.99 Å². The molecule has 9 heteroatoms. The molecule has 0 atom stereocenters. The lowest BCUT2D eigenvalue weighted by Crippen LogP contribution is -2.08. The Morgan fingerprint density at radius 2 is 2.17 bits per heavy atom. The first-order chi connectivity index (χ1) is 14.1. The molecule has 4 N–H and O–H groups in total. The number of aliphatic imine (C=N–C) groups is 1. The molecule has 2 heterocycles. The smallest absolute Gasteiger partial charge is 0.346 e. The first-order valence-electron chi connectivity index (χ1n) is 9.00. The van der Waals surface area contributed by atoms with E-state index in [2.05, 4.69) is 25.6 Å². The van der Waals surface area contributed by atoms with Crippen molar-refractivity contribution in [2.24, 2.45) is 10.7 Å². The van der Waals surface area contributed by atoms with E-state index in [-0.39, 0.29) is 0 Å². The highest BCUT2D eigenvalue weighted by Crippen LogP contribution is 2.27. The second kappa shape index (κ2) is 9.47. The average Bonchev–Trinajstić information content (AvgIpc) is 3.17. The third-order valence-electron chi connectivity index (χ3n) is 3.99. The summed E-state index contributed by atoms with van der Waals surface area (Å²) in [5, 5.41) is 5.75. The normalized spacial score (nSPS) is 11.0. The minimum Gasteiger partial charge on any atom is -0.423 e. The molecule has 1 aromatic carbocycles. The molecule has 0 radical (unpaired) electrons. The van der Waals surface area contributed by atoms with Crippen LogP contribution < -0.4 is 16.4 Å². The second-order valence-corrected chi connectivity index (χ2v) is 6.11. The third-order valence-corrected chi connectivity index (χ3v) is 3.99. The van der Waals surface area contributed by atoms with Crippen LogP contribution in [-0.2, 0) is 11.3 Å². The molecular formula is C20H22N6O3. The first kappa shape index (κ1) is 20.0. The summed E-state index contributed by atoms with van der Waals surface area (Å²) in [4.78, 5) is 23.3. The van der Waals surface area contributed by atoms with Crippen molar-refractivity contribution >= 4 is 29.8 Å². The molecule has 0 saturated heterocycles. The molecule has 0 fully saturated rings. The van der Waals surface area contributed by atoms with Crippen LogP contribution in [0.15, 0.2) is 52.3 Å². The zero-order chi connectivity index (χ0) is 20.6. The lowest BCUT2D eigenvalue weighted by Gasteiger charge is -2.09. The minimum atomic E-state index is -0.589. The summed E-state index contributed by atoms with van der Waals surface area (Å²) in [5.41, 5.74) is 9.22. The van der Waals surface area contributed by atoms with Crippen LogP contribution in [0.4, 0.5) is 22.2 Å². The van der Waals surface area contributed by atoms with Gasteiger partial charge in [-0.05, 0) is 37.1 Å². The monoisotopic (exact) mass is 394 g/mol. The number of carbonyl (C=O) groups is 1. The third kappa shape index (κ3) is 5.39. The Morgan fingerprint density at radius 1 is 1.31 bits per heavy atom. The Hall–Kier alpha value is -3.72. The predicted octanol–water partition coefficient (Wildman–Crippen LogP) is 3.84. The molecule has 29 heavy (non-hydrogen) atoms.